The first-order valence-corrected chi connectivity index (χ1v) is 7.39. The van der Waals surface area contributed by atoms with Crippen molar-refractivity contribution in [2.75, 3.05) is 18.6 Å². The average Bonchev–Trinajstić information content (AvgIpc) is 2.44. The van der Waals surface area contributed by atoms with Gasteiger partial charge in [-0.2, -0.15) is 11.3 Å². The zero-order valence-corrected chi connectivity index (χ0v) is 10.0. The molecule has 1 heterocycles. The molecular formula is C9H15NO2S2. The highest BCUT2D eigenvalue weighted by atomic mass is 32.2. The van der Waals surface area contributed by atoms with Gasteiger partial charge in [-0.1, -0.05) is 0 Å². The van der Waals surface area contributed by atoms with E-state index in [9.17, 15) is 8.42 Å². The van der Waals surface area contributed by atoms with Gasteiger partial charge in [0.15, 0.2) is 0 Å². The summed E-state index contributed by atoms with van der Waals surface area (Å²) in [6.07, 6.45) is 1.25. The monoisotopic (exact) mass is 233 g/mol. The minimum absolute atomic E-state index is 0.205. The second-order valence-corrected chi connectivity index (χ2v) is 6.39. The maximum atomic E-state index is 10.8. The van der Waals surface area contributed by atoms with Gasteiger partial charge in [0.2, 0.25) is 0 Å². The largest absolute Gasteiger partial charge is 0.312 e. The molecule has 80 valence electrons. The van der Waals surface area contributed by atoms with Crippen LogP contribution in [0.15, 0.2) is 10.8 Å². The molecule has 0 fully saturated rings. The molecule has 1 rings (SSSR count). The second-order valence-electron chi connectivity index (χ2n) is 3.39. The summed E-state index contributed by atoms with van der Waals surface area (Å²) in [5.74, 6) is 0.205. The molecule has 1 N–H and O–H groups in total. The Morgan fingerprint density at radius 2 is 2.14 bits per heavy atom. The minimum atomic E-state index is -2.84. The maximum Gasteiger partial charge on any atom is 0.148 e. The molecule has 0 amide bonds. The van der Waals surface area contributed by atoms with Crippen LogP contribution in [-0.2, 0) is 16.4 Å². The van der Waals surface area contributed by atoms with Crippen LogP contribution in [0.3, 0.4) is 0 Å². The van der Waals surface area contributed by atoms with Crippen LogP contribution in [0.5, 0.6) is 0 Å². The highest BCUT2D eigenvalue weighted by molar-refractivity contribution is 7.90. The van der Waals surface area contributed by atoms with Crippen LogP contribution < -0.4 is 5.32 Å². The molecule has 0 atom stereocenters. The Bertz CT molecular complexity index is 381. The Morgan fingerprint density at radius 3 is 2.64 bits per heavy atom. The number of sulfone groups is 1. The lowest BCUT2D eigenvalue weighted by molar-refractivity contribution is 0.596. The topological polar surface area (TPSA) is 46.2 Å². The maximum absolute atomic E-state index is 10.8. The molecule has 1 aromatic rings. The van der Waals surface area contributed by atoms with Crippen molar-refractivity contribution in [2.24, 2.45) is 0 Å². The van der Waals surface area contributed by atoms with Crippen LogP contribution in [0.4, 0.5) is 0 Å². The molecule has 0 unspecified atom stereocenters. The van der Waals surface area contributed by atoms with E-state index in [1.807, 2.05) is 0 Å². The van der Waals surface area contributed by atoms with Crippen LogP contribution in [0.2, 0.25) is 0 Å². The third-order valence-corrected chi connectivity index (χ3v) is 3.78. The fourth-order valence-electron chi connectivity index (χ4n) is 1.05. The van der Waals surface area contributed by atoms with E-state index >= 15 is 0 Å². The molecule has 0 saturated carbocycles. The van der Waals surface area contributed by atoms with Gasteiger partial charge in [-0.25, -0.2) is 8.42 Å². The van der Waals surface area contributed by atoms with Crippen molar-refractivity contribution in [2.45, 2.75) is 13.5 Å². The quantitative estimate of drug-likeness (QED) is 0.777. The summed E-state index contributed by atoms with van der Waals surface area (Å²) in [7, 11) is -2.84. The van der Waals surface area contributed by atoms with Crippen molar-refractivity contribution in [3.63, 3.8) is 0 Å². The Morgan fingerprint density at radius 1 is 1.43 bits per heavy atom. The van der Waals surface area contributed by atoms with Crippen molar-refractivity contribution in [1.29, 1.82) is 0 Å². The van der Waals surface area contributed by atoms with Crippen molar-refractivity contribution in [3.8, 4) is 0 Å². The first-order valence-electron chi connectivity index (χ1n) is 4.39. The van der Waals surface area contributed by atoms with Gasteiger partial charge in [0.1, 0.15) is 9.84 Å². The minimum Gasteiger partial charge on any atom is -0.312 e. The first-order chi connectivity index (χ1) is 6.49. The average molecular weight is 233 g/mol. The molecule has 1 aromatic heterocycles. The summed E-state index contributed by atoms with van der Waals surface area (Å²) >= 11 is 1.67. The van der Waals surface area contributed by atoms with E-state index in [-0.39, 0.29) is 5.75 Å². The molecule has 14 heavy (non-hydrogen) atoms. The fourth-order valence-corrected chi connectivity index (χ4v) is 2.42. The van der Waals surface area contributed by atoms with E-state index in [0.717, 1.165) is 6.54 Å². The standard InChI is InChI=1S/C9H15NO2S2/c1-8-6-13-7-9(8)5-10-3-4-14(2,11)12/h6-7,10H,3-5H2,1-2H3. The van der Waals surface area contributed by atoms with E-state index in [2.05, 4.69) is 23.0 Å². The molecule has 0 spiro atoms. The predicted octanol–water partition coefficient (Wildman–Crippen LogP) is 1.19. The van der Waals surface area contributed by atoms with Crippen LogP contribution in [0.1, 0.15) is 11.1 Å². The van der Waals surface area contributed by atoms with Crippen molar-refractivity contribution in [3.05, 3.63) is 21.9 Å². The van der Waals surface area contributed by atoms with Gasteiger partial charge in [-0.15, -0.1) is 0 Å². The van der Waals surface area contributed by atoms with E-state index in [4.69, 9.17) is 0 Å². The molecule has 0 aliphatic heterocycles. The number of thiophene rings is 1. The zero-order chi connectivity index (χ0) is 10.6. The Kier molecular flexibility index (Phi) is 4.10. The molecule has 0 saturated heterocycles. The van der Waals surface area contributed by atoms with Crippen molar-refractivity contribution in [1.82, 2.24) is 5.32 Å². The van der Waals surface area contributed by atoms with Crippen LogP contribution >= 0.6 is 11.3 Å². The first kappa shape index (κ1) is 11.7. The highest BCUT2D eigenvalue weighted by Crippen LogP contribution is 2.12. The van der Waals surface area contributed by atoms with Crippen LogP contribution in [0, 0.1) is 6.92 Å². The smallest absolute Gasteiger partial charge is 0.148 e. The van der Waals surface area contributed by atoms with E-state index < -0.39 is 9.84 Å². The summed E-state index contributed by atoms with van der Waals surface area (Å²) in [6.45, 7) is 3.34. The number of hydrogen-bond acceptors (Lipinski definition) is 4. The van der Waals surface area contributed by atoms with Crippen LogP contribution in [-0.4, -0.2) is 27.0 Å². The zero-order valence-electron chi connectivity index (χ0n) is 8.41. The second kappa shape index (κ2) is 4.91. The third kappa shape index (κ3) is 4.21. The summed E-state index contributed by atoms with van der Waals surface area (Å²) in [5, 5.41) is 7.29. The van der Waals surface area contributed by atoms with Crippen LogP contribution in [0.25, 0.3) is 0 Å². The lowest BCUT2D eigenvalue weighted by Crippen LogP contribution is -2.21. The van der Waals surface area contributed by atoms with Crippen molar-refractivity contribution < 1.29 is 8.42 Å². The van der Waals surface area contributed by atoms with Gasteiger partial charge in [0, 0.05) is 19.3 Å². The molecule has 0 aliphatic rings. The van der Waals surface area contributed by atoms with Gasteiger partial charge in [0.05, 0.1) is 5.75 Å². The van der Waals surface area contributed by atoms with Gasteiger partial charge in [-0.3, -0.25) is 0 Å². The molecule has 0 radical (unpaired) electrons. The molecule has 0 bridgehead atoms. The molecule has 3 nitrogen and oxygen atoms in total. The van der Waals surface area contributed by atoms with E-state index in [0.29, 0.717) is 6.54 Å². The number of rotatable bonds is 5. The summed E-state index contributed by atoms with van der Waals surface area (Å²) < 4.78 is 21.6. The van der Waals surface area contributed by atoms with Gasteiger partial charge >= 0.3 is 0 Å². The Labute approximate surface area is 89.1 Å². The number of aryl methyl sites for hydroxylation is 1. The molecule has 0 aliphatic carbocycles. The Balaban J connectivity index is 2.26. The molecule has 5 heteroatoms. The lowest BCUT2D eigenvalue weighted by atomic mass is 10.2. The highest BCUT2D eigenvalue weighted by Gasteiger charge is 2.02. The van der Waals surface area contributed by atoms with Gasteiger partial charge < -0.3 is 5.32 Å². The fraction of sp³-hybridized carbons (Fsp3) is 0.556. The van der Waals surface area contributed by atoms with Crippen molar-refractivity contribution >= 4 is 21.2 Å². The SMILES string of the molecule is Cc1cscc1CNCCS(C)(=O)=O. The molecule has 0 aromatic carbocycles. The summed E-state index contributed by atoms with van der Waals surface area (Å²) in [4.78, 5) is 0. The Hall–Kier alpha value is -0.390. The third-order valence-electron chi connectivity index (χ3n) is 1.93. The summed E-state index contributed by atoms with van der Waals surface area (Å²) in [6, 6.07) is 0. The van der Waals surface area contributed by atoms with E-state index in [1.165, 1.54) is 17.4 Å². The lowest BCUT2D eigenvalue weighted by Gasteiger charge is -2.02. The van der Waals surface area contributed by atoms with E-state index in [1.54, 1.807) is 11.3 Å². The normalized spacial score (nSPS) is 11.9. The summed E-state index contributed by atoms with van der Waals surface area (Å²) in [5.41, 5.74) is 2.52. The predicted molar refractivity (Wildman–Crippen MR) is 60.5 cm³/mol. The van der Waals surface area contributed by atoms with Gasteiger partial charge in [-0.05, 0) is 28.8 Å². The molecular weight excluding hydrogens is 218 g/mol. The van der Waals surface area contributed by atoms with Gasteiger partial charge in [0.25, 0.3) is 0 Å². The number of hydrogen-bond donors (Lipinski definition) is 1. The number of nitrogens with one attached hydrogen (secondary N) is 1.